The van der Waals surface area contributed by atoms with Crippen molar-refractivity contribution < 1.29 is 14.6 Å². The summed E-state index contributed by atoms with van der Waals surface area (Å²) in [4.78, 5) is 17.4. The lowest BCUT2D eigenvalue weighted by molar-refractivity contribution is -0.136. The maximum Gasteiger partial charge on any atom is 0.233 e. The Balaban J connectivity index is 1.55. The summed E-state index contributed by atoms with van der Waals surface area (Å²) in [6.45, 7) is 8.77. The van der Waals surface area contributed by atoms with E-state index in [9.17, 15) is 9.90 Å². The van der Waals surface area contributed by atoms with E-state index >= 15 is 0 Å². The molecule has 1 amide bonds. The normalized spacial score (nSPS) is 21.2. The van der Waals surface area contributed by atoms with Crippen LogP contribution >= 0.6 is 0 Å². The molecule has 3 rings (SSSR count). The van der Waals surface area contributed by atoms with Crippen LogP contribution in [0.2, 0.25) is 0 Å². The molecule has 5 nitrogen and oxygen atoms in total. The molecule has 1 N–H and O–H groups in total. The van der Waals surface area contributed by atoms with E-state index in [1.807, 2.05) is 24.0 Å². The van der Waals surface area contributed by atoms with Crippen molar-refractivity contribution >= 4 is 5.91 Å². The number of hydrogen-bond donors (Lipinski definition) is 1. The molecule has 1 aromatic rings. The lowest BCUT2D eigenvalue weighted by Crippen LogP contribution is -2.53. The van der Waals surface area contributed by atoms with Gasteiger partial charge in [-0.25, -0.2) is 0 Å². The zero-order chi connectivity index (χ0) is 17.9. The second-order valence-electron chi connectivity index (χ2n) is 7.30. The first-order chi connectivity index (χ1) is 12.1. The van der Waals surface area contributed by atoms with Crippen LogP contribution in [-0.2, 0) is 14.9 Å². The van der Waals surface area contributed by atoms with Crippen LogP contribution in [0.3, 0.4) is 0 Å². The van der Waals surface area contributed by atoms with Crippen LogP contribution in [-0.4, -0.2) is 72.9 Å². The van der Waals surface area contributed by atoms with E-state index in [0.29, 0.717) is 19.8 Å². The number of amides is 1. The Morgan fingerprint density at radius 2 is 1.92 bits per heavy atom. The SMILES string of the molecule is CCOC[C@H](O)CN1CCN(C(=O)C2(c3ccccc3C)CC2)CC1. The van der Waals surface area contributed by atoms with E-state index in [4.69, 9.17) is 4.74 Å². The Kier molecular flexibility index (Phi) is 5.77. The summed E-state index contributed by atoms with van der Waals surface area (Å²) >= 11 is 0. The number of carbonyl (C=O) groups excluding carboxylic acids is 1. The average Bonchev–Trinajstić information content (AvgIpc) is 3.42. The van der Waals surface area contributed by atoms with Gasteiger partial charge in [0.05, 0.1) is 18.1 Å². The molecule has 0 radical (unpaired) electrons. The van der Waals surface area contributed by atoms with Gasteiger partial charge < -0.3 is 14.7 Å². The second-order valence-corrected chi connectivity index (χ2v) is 7.30. The molecule has 1 heterocycles. The topological polar surface area (TPSA) is 53.0 Å². The third-order valence-corrected chi connectivity index (χ3v) is 5.46. The predicted molar refractivity (Wildman–Crippen MR) is 97.6 cm³/mol. The maximum absolute atomic E-state index is 13.1. The molecule has 2 fully saturated rings. The van der Waals surface area contributed by atoms with E-state index in [1.165, 1.54) is 11.1 Å². The van der Waals surface area contributed by atoms with Gasteiger partial charge in [0.2, 0.25) is 5.91 Å². The van der Waals surface area contributed by atoms with E-state index in [-0.39, 0.29) is 11.3 Å². The Morgan fingerprint density at radius 3 is 2.52 bits per heavy atom. The van der Waals surface area contributed by atoms with Crippen LogP contribution in [0.15, 0.2) is 24.3 Å². The van der Waals surface area contributed by atoms with Crippen molar-refractivity contribution in [3.05, 3.63) is 35.4 Å². The van der Waals surface area contributed by atoms with Crippen LogP contribution < -0.4 is 0 Å². The van der Waals surface area contributed by atoms with Crippen molar-refractivity contribution in [3.63, 3.8) is 0 Å². The Labute approximate surface area is 150 Å². The van der Waals surface area contributed by atoms with Crippen LogP contribution in [0.1, 0.15) is 30.9 Å². The minimum absolute atomic E-state index is 0.276. The van der Waals surface area contributed by atoms with Gasteiger partial charge in [0.1, 0.15) is 0 Å². The van der Waals surface area contributed by atoms with Gasteiger partial charge in [0.25, 0.3) is 0 Å². The molecule has 138 valence electrons. The molecule has 1 aromatic carbocycles. The quantitative estimate of drug-likeness (QED) is 0.814. The third kappa shape index (κ3) is 4.05. The highest BCUT2D eigenvalue weighted by molar-refractivity contribution is 5.91. The summed E-state index contributed by atoms with van der Waals surface area (Å²) in [5, 5.41) is 9.98. The first-order valence-corrected chi connectivity index (χ1v) is 9.40. The maximum atomic E-state index is 13.1. The van der Waals surface area contributed by atoms with Crippen LogP contribution in [0, 0.1) is 6.92 Å². The van der Waals surface area contributed by atoms with Gasteiger partial charge in [-0.05, 0) is 37.8 Å². The van der Waals surface area contributed by atoms with Crippen LogP contribution in [0.25, 0.3) is 0 Å². The lowest BCUT2D eigenvalue weighted by atomic mass is 9.90. The third-order valence-electron chi connectivity index (χ3n) is 5.46. The second kappa shape index (κ2) is 7.85. The van der Waals surface area contributed by atoms with Gasteiger partial charge in [0, 0.05) is 39.3 Å². The number of aliphatic hydroxyl groups excluding tert-OH is 1. The zero-order valence-electron chi connectivity index (χ0n) is 15.4. The summed E-state index contributed by atoms with van der Waals surface area (Å²) in [7, 11) is 0. The Morgan fingerprint density at radius 1 is 1.24 bits per heavy atom. The van der Waals surface area contributed by atoms with E-state index in [0.717, 1.165) is 39.0 Å². The number of rotatable bonds is 7. The monoisotopic (exact) mass is 346 g/mol. The first-order valence-electron chi connectivity index (χ1n) is 9.40. The summed E-state index contributed by atoms with van der Waals surface area (Å²) < 4.78 is 5.27. The summed E-state index contributed by atoms with van der Waals surface area (Å²) in [5.74, 6) is 0.288. The summed E-state index contributed by atoms with van der Waals surface area (Å²) in [6.07, 6.45) is 1.47. The lowest BCUT2D eigenvalue weighted by Gasteiger charge is -2.37. The molecule has 0 unspecified atom stereocenters. The van der Waals surface area contributed by atoms with Gasteiger partial charge >= 0.3 is 0 Å². The highest BCUT2D eigenvalue weighted by Crippen LogP contribution is 2.50. The molecular formula is C20H30N2O3. The fourth-order valence-electron chi connectivity index (χ4n) is 3.87. The van der Waals surface area contributed by atoms with Crippen molar-refractivity contribution in [2.45, 2.75) is 38.2 Å². The molecule has 1 atom stereocenters. The number of piperazine rings is 1. The molecule has 1 aliphatic carbocycles. The number of β-amino-alcohol motifs (C(OH)–C–C–N with tert-alkyl or cyclic N) is 1. The number of aliphatic hydroxyl groups is 1. The molecule has 2 aliphatic rings. The van der Waals surface area contributed by atoms with Crippen molar-refractivity contribution in [2.75, 3.05) is 45.9 Å². The van der Waals surface area contributed by atoms with E-state index < -0.39 is 6.10 Å². The number of aryl methyl sites for hydroxylation is 1. The fourth-order valence-corrected chi connectivity index (χ4v) is 3.87. The Hall–Kier alpha value is -1.43. The number of hydrogen-bond acceptors (Lipinski definition) is 4. The molecule has 1 saturated heterocycles. The molecule has 0 bridgehead atoms. The van der Waals surface area contributed by atoms with Crippen molar-refractivity contribution in [2.24, 2.45) is 0 Å². The average molecular weight is 346 g/mol. The highest BCUT2D eigenvalue weighted by Gasteiger charge is 2.53. The van der Waals surface area contributed by atoms with E-state index in [1.54, 1.807) is 0 Å². The smallest absolute Gasteiger partial charge is 0.233 e. The molecule has 5 heteroatoms. The minimum atomic E-state index is -0.455. The van der Waals surface area contributed by atoms with Gasteiger partial charge in [-0.15, -0.1) is 0 Å². The standard InChI is InChI=1S/C20H30N2O3/c1-3-25-15-17(23)14-21-10-12-22(13-11-21)19(24)20(8-9-20)18-7-5-4-6-16(18)2/h4-7,17,23H,3,8-15H2,1-2H3/t17-/m1/s1. The van der Waals surface area contributed by atoms with Gasteiger partial charge in [-0.2, -0.15) is 0 Å². The largest absolute Gasteiger partial charge is 0.389 e. The molecule has 1 aliphatic heterocycles. The number of ether oxygens (including phenoxy) is 1. The molecular weight excluding hydrogens is 316 g/mol. The number of carbonyl (C=O) groups is 1. The summed E-state index contributed by atoms with van der Waals surface area (Å²) in [6, 6.07) is 8.28. The van der Waals surface area contributed by atoms with Crippen molar-refractivity contribution in [3.8, 4) is 0 Å². The number of benzene rings is 1. The van der Waals surface area contributed by atoms with Gasteiger partial charge in [-0.1, -0.05) is 24.3 Å². The van der Waals surface area contributed by atoms with Crippen LogP contribution in [0.5, 0.6) is 0 Å². The fraction of sp³-hybridized carbons (Fsp3) is 0.650. The van der Waals surface area contributed by atoms with Crippen LogP contribution in [0.4, 0.5) is 0 Å². The first kappa shape index (κ1) is 18.4. The molecule has 1 saturated carbocycles. The molecule has 0 aromatic heterocycles. The zero-order valence-corrected chi connectivity index (χ0v) is 15.4. The highest BCUT2D eigenvalue weighted by atomic mass is 16.5. The van der Waals surface area contributed by atoms with Crippen molar-refractivity contribution in [1.82, 2.24) is 9.80 Å². The van der Waals surface area contributed by atoms with Crippen molar-refractivity contribution in [1.29, 1.82) is 0 Å². The van der Waals surface area contributed by atoms with Gasteiger partial charge in [0.15, 0.2) is 0 Å². The Bertz CT molecular complexity index is 592. The molecule has 25 heavy (non-hydrogen) atoms. The summed E-state index contributed by atoms with van der Waals surface area (Å²) in [5.41, 5.74) is 2.14. The van der Waals surface area contributed by atoms with Gasteiger partial charge in [-0.3, -0.25) is 9.69 Å². The minimum Gasteiger partial charge on any atom is -0.389 e. The number of nitrogens with zero attached hydrogens (tertiary/aromatic N) is 2. The molecule has 0 spiro atoms. The predicted octanol–water partition coefficient (Wildman–Crippen LogP) is 1.57. The van der Waals surface area contributed by atoms with E-state index in [2.05, 4.69) is 24.0 Å².